The molecule has 0 aromatic carbocycles. The zero-order valence-electron chi connectivity index (χ0n) is 15.9. The number of amides is 1. The van der Waals surface area contributed by atoms with Crippen LogP contribution in [0.4, 0.5) is 19.0 Å². The van der Waals surface area contributed by atoms with E-state index < -0.39 is 35.9 Å². The topological polar surface area (TPSA) is 86.5 Å². The van der Waals surface area contributed by atoms with Gasteiger partial charge in [-0.3, -0.25) is 4.79 Å². The highest BCUT2D eigenvalue weighted by Crippen LogP contribution is 2.39. The van der Waals surface area contributed by atoms with Gasteiger partial charge in [-0.2, -0.15) is 13.2 Å². The first-order valence-electron chi connectivity index (χ1n) is 8.36. The van der Waals surface area contributed by atoms with Gasteiger partial charge in [-0.15, -0.1) is 0 Å². The highest BCUT2D eigenvalue weighted by Gasteiger charge is 2.52. The normalized spacial score (nSPS) is 19.3. The summed E-state index contributed by atoms with van der Waals surface area (Å²) in [4.78, 5) is 14.9. The maximum atomic E-state index is 13.1. The molecule has 10 heteroatoms. The van der Waals surface area contributed by atoms with E-state index in [0.717, 1.165) is 6.07 Å². The van der Waals surface area contributed by atoms with Crippen LogP contribution >= 0.6 is 0 Å². The molecule has 0 spiro atoms. The maximum absolute atomic E-state index is 13.1. The summed E-state index contributed by atoms with van der Waals surface area (Å²) in [5, 5.41) is 2.62. The third-order valence-electron chi connectivity index (χ3n) is 4.69. The summed E-state index contributed by atoms with van der Waals surface area (Å²) in [5.41, 5.74) is 3.68. The Bertz CT molecular complexity index is 748. The van der Waals surface area contributed by atoms with Gasteiger partial charge in [0.25, 0.3) is 0 Å². The Balaban J connectivity index is 2.42. The number of alkyl halides is 3. The second-order valence-corrected chi connectivity index (χ2v) is 7.42. The van der Waals surface area contributed by atoms with Gasteiger partial charge in [0.1, 0.15) is 5.82 Å². The van der Waals surface area contributed by atoms with Gasteiger partial charge in [0.05, 0.1) is 16.8 Å². The summed E-state index contributed by atoms with van der Waals surface area (Å²) < 4.78 is 51.1. The summed E-state index contributed by atoms with van der Waals surface area (Å²) in [5.74, 6) is -0.887. The van der Waals surface area contributed by atoms with Gasteiger partial charge in [-0.05, 0) is 44.8 Å². The average Bonchev–Trinajstić information content (AvgIpc) is 2.72. The maximum Gasteiger partial charge on any atom is 0.492 e. The lowest BCUT2D eigenvalue weighted by Gasteiger charge is -2.32. The van der Waals surface area contributed by atoms with Crippen molar-refractivity contribution in [1.82, 2.24) is 10.3 Å². The van der Waals surface area contributed by atoms with Crippen molar-refractivity contribution in [2.45, 2.75) is 52.0 Å². The number of hydrogen-bond acceptors (Lipinski definition) is 5. The molecule has 0 unspecified atom stereocenters. The second-order valence-electron chi connectivity index (χ2n) is 7.42. The Labute approximate surface area is 156 Å². The van der Waals surface area contributed by atoms with E-state index in [-0.39, 0.29) is 18.0 Å². The first-order valence-corrected chi connectivity index (χ1v) is 8.36. The van der Waals surface area contributed by atoms with Crippen LogP contribution in [0.5, 0.6) is 0 Å². The molecule has 1 fully saturated rings. The van der Waals surface area contributed by atoms with Gasteiger partial charge in [-0.1, -0.05) is 6.08 Å². The van der Waals surface area contributed by atoms with Crippen molar-refractivity contribution >= 4 is 24.9 Å². The number of anilines is 1. The molecule has 148 valence electrons. The predicted molar refractivity (Wildman–Crippen MR) is 96.4 cm³/mol. The van der Waals surface area contributed by atoms with E-state index in [2.05, 4.69) is 10.3 Å². The van der Waals surface area contributed by atoms with Crippen LogP contribution in [0.15, 0.2) is 17.7 Å². The molecule has 6 nitrogen and oxygen atoms in total. The van der Waals surface area contributed by atoms with Crippen LogP contribution in [0.3, 0.4) is 0 Å². The van der Waals surface area contributed by atoms with E-state index in [4.69, 9.17) is 15.0 Å². The number of nitrogen functional groups attached to an aromatic ring is 1. The Morgan fingerprint density at radius 3 is 2.33 bits per heavy atom. The summed E-state index contributed by atoms with van der Waals surface area (Å²) >= 11 is 0. The number of halogens is 3. The van der Waals surface area contributed by atoms with Crippen LogP contribution in [-0.2, 0) is 20.3 Å². The fraction of sp³-hybridized carbons (Fsp3) is 0.529. The van der Waals surface area contributed by atoms with Crippen LogP contribution in [0.2, 0.25) is 0 Å². The standard InChI is InChI=1S/C17H23BF3N3O3/c1-10(25)23-9-12(18-26-15(2,3)16(4,5)27-18)6-11-7-13(17(19,20)21)14(22)24-8-11/h6-8H,9H2,1-5H3,(H2,22,24)(H,23,25). The molecule has 0 atom stereocenters. The molecule has 1 aliphatic heterocycles. The number of pyridine rings is 1. The Morgan fingerprint density at radius 2 is 1.85 bits per heavy atom. The third kappa shape index (κ3) is 4.81. The highest BCUT2D eigenvalue weighted by molar-refractivity contribution is 6.56. The van der Waals surface area contributed by atoms with Gasteiger partial charge in [-0.25, -0.2) is 4.98 Å². The summed E-state index contributed by atoms with van der Waals surface area (Å²) in [6.07, 6.45) is -1.94. The molecule has 2 heterocycles. The number of aromatic nitrogens is 1. The summed E-state index contributed by atoms with van der Waals surface area (Å²) in [6, 6.07) is 0.904. The minimum atomic E-state index is -4.62. The van der Waals surface area contributed by atoms with Gasteiger partial charge in [0.2, 0.25) is 5.91 Å². The van der Waals surface area contributed by atoms with E-state index in [1.165, 1.54) is 19.2 Å². The Kier molecular flexibility index (Phi) is 5.63. The summed E-state index contributed by atoms with van der Waals surface area (Å²) in [7, 11) is -0.825. The van der Waals surface area contributed by atoms with E-state index in [9.17, 15) is 18.0 Å². The first-order chi connectivity index (χ1) is 12.2. The number of nitrogens with two attached hydrogens (primary N) is 1. The molecule has 0 aliphatic carbocycles. The van der Waals surface area contributed by atoms with Crippen LogP contribution in [-0.4, -0.2) is 35.8 Å². The number of rotatable bonds is 4. The quantitative estimate of drug-likeness (QED) is 0.779. The number of nitrogens with one attached hydrogen (secondary N) is 1. The molecular formula is C17H23BF3N3O3. The molecule has 0 saturated carbocycles. The fourth-order valence-corrected chi connectivity index (χ4v) is 2.43. The number of hydrogen-bond donors (Lipinski definition) is 2. The summed E-state index contributed by atoms with van der Waals surface area (Å²) in [6.45, 7) is 8.82. The van der Waals surface area contributed by atoms with Crippen LogP contribution < -0.4 is 11.1 Å². The largest absolute Gasteiger partial charge is 0.492 e. The lowest BCUT2D eigenvalue weighted by Crippen LogP contribution is -2.41. The molecule has 27 heavy (non-hydrogen) atoms. The van der Waals surface area contributed by atoms with Crippen molar-refractivity contribution in [1.29, 1.82) is 0 Å². The monoisotopic (exact) mass is 385 g/mol. The highest BCUT2D eigenvalue weighted by atomic mass is 19.4. The van der Waals surface area contributed by atoms with Crippen LogP contribution in [0.1, 0.15) is 45.7 Å². The van der Waals surface area contributed by atoms with E-state index >= 15 is 0 Å². The minimum absolute atomic E-state index is 0.0535. The smallest absolute Gasteiger partial charge is 0.400 e. The van der Waals surface area contributed by atoms with E-state index in [1.54, 1.807) is 0 Å². The zero-order valence-corrected chi connectivity index (χ0v) is 15.9. The SMILES string of the molecule is CC(=O)NCC(=Cc1cnc(N)c(C(F)(F)F)c1)B1OC(C)(C)C(C)(C)O1. The second kappa shape index (κ2) is 7.16. The Morgan fingerprint density at radius 1 is 1.30 bits per heavy atom. The zero-order chi connectivity index (χ0) is 20.6. The van der Waals surface area contributed by atoms with Crippen molar-refractivity contribution in [3.63, 3.8) is 0 Å². The molecule has 1 amide bonds. The molecular weight excluding hydrogens is 362 g/mol. The molecule has 0 radical (unpaired) electrons. The molecule has 0 bridgehead atoms. The molecule has 1 aliphatic rings. The number of carbonyl (C=O) groups is 1. The van der Waals surface area contributed by atoms with Crippen molar-refractivity contribution in [3.8, 4) is 0 Å². The van der Waals surface area contributed by atoms with Crippen molar-refractivity contribution in [2.75, 3.05) is 12.3 Å². The van der Waals surface area contributed by atoms with Crippen molar-refractivity contribution < 1.29 is 27.3 Å². The van der Waals surface area contributed by atoms with Gasteiger partial charge >= 0.3 is 13.3 Å². The lowest BCUT2D eigenvalue weighted by atomic mass is 9.77. The van der Waals surface area contributed by atoms with Gasteiger partial charge in [0.15, 0.2) is 0 Å². The van der Waals surface area contributed by atoms with E-state index in [1.807, 2.05) is 27.7 Å². The molecule has 1 aromatic heterocycles. The number of nitrogens with zero attached hydrogens (tertiary/aromatic N) is 1. The van der Waals surface area contributed by atoms with Gasteiger partial charge in [0, 0.05) is 19.7 Å². The number of carbonyl (C=O) groups excluding carboxylic acids is 1. The van der Waals surface area contributed by atoms with Crippen molar-refractivity contribution in [3.05, 3.63) is 28.9 Å². The molecule has 1 saturated heterocycles. The predicted octanol–water partition coefficient (Wildman–Crippen LogP) is 2.83. The Hall–Kier alpha value is -2.07. The molecule has 1 aromatic rings. The average molecular weight is 385 g/mol. The van der Waals surface area contributed by atoms with Crippen LogP contribution in [0, 0.1) is 0 Å². The fourth-order valence-electron chi connectivity index (χ4n) is 2.43. The molecule has 2 rings (SSSR count). The van der Waals surface area contributed by atoms with Crippen molar-refractivity contribution in [2.24, 2.45) is 0 Å². The lowest BCUT2D eigenvalue weighted by molar-refractivity contribution is -0.137. The van der Waals surface area contributed by atoms with E-state index in [0.29, 0.717) is 5.47 Å². The first kappa shape index (κ1) is 21.2. The molecule has 3 N–H and O–H groups in total. The minimum Gasteiger partial charge on any atom is -0.400 e. The third-order valence-corrected chi connectivity index (χ3v) is 4.69. The van der Waals surface area contributed by atoms with Crippen LogP contribution in [0.25, 0.3) is 6.08 Å². The van der Waals surface area contributed by atoms with Gasteiger partial charge < -0.3 is 20.4 Å².